The molecule has 0 bridgehead atoms. The second kappa shape index (κ2) is 7.30. The minimum atomic E-state index is 0.508. The van der Waals surface area contributed by atoms with Crippen LogP contribution in [0, 0.1) is 0 Å². The van der Waals surface area contributed by atoms with Gasteiger partial charge in [-0.25, -0.2) is 0 Å². The summed E-state index contributed by atoms with van der Waals surface area (Å²) in [5.41, 5.74) is 0. The van der Waals surface area contributed by atoms with Gasteiger partial charge in [0, 0.05) is 19.2 Å². The van der Waals surface area contributed by atoms with Crippen LogP contribution in [-0.2, 0) is 4.74 Å². The summed E-state index contributed by atoms with van der Waals surface area (Å²) in [6.45, 7) is 6.32. The smallest absolute Gasteiger partial charge is 0.0615 e. The lowest BCUT2D eigenvalue weighted by Gasteiger charge is -2.25. The molecule has 0 radical (unpaired) electrons. The largest absolute Gasteiger partial charge is 0.383 e. The molecule has 2 atom stereocenters. The molecule has 13 heavy (non-hydrogen) atoms. The highest BCUT2D eigenvalue weighted by atomic mass is 16.5. The number of nitrogens with one attached hydrogen (secondary N) is 1. The standard InChI is InChI=1S/C10H24N2O/c1-9(11-3)6-7-12(4)10(2)8-13-5/h9-11H,6-8H2,1-5H3. The Hall–Kier alpha value is -0.120. The highest BCUT2D eigenvalue weighted by Gasteiger charge is 2.09. The molecule has 0 aliphatic heterocycles. The van der Waals surface area contributed by atoms with Gasteiger partial charge in [0.15, 0.2) is 0 Å². The quantitative estimate of drug-likeness (QED) is 0.644. The van der Waals surface area contributed by atoms with E-state index in [1.807, 2.05) is 7.05 Å². The second-order valence-corrected chi connectivity index (χ2v) is 3.76. The third-order valence-electron chi connectivity index (χ3n) is 2.57. The molecule has 3 nitrogen and oxygen atoms in total. The van der Waals surface area contributed by atoms with Crippen molar-refractivity contribution in [2.24, 2.45) is 0 Å². The van der Waals surface area contributed by atoms with Gasteiger partial charge in [-0.2, -0.15) is 0 Å². The van der Waals surface area contributed by atoms with E-state index in [0.717, 1.165) is 13.2 Å². The maximum absolute atomic E-state index is 5.10. The van der Waals surface area contributed by atoms with E-state index in [1.165, 1.54) is 6.42 Å². The van der Waals surface area contributed by atoms with Crippen LogP contribution in [0.25, 0.3) is 0 Å². The van der Waals surface area contributed by atoms with Crippen molar-refractivity contribution in [1.29, 1.82) is 0 Å². The first kappa shape index (κ1) is 12.9. The lowest BCUT2D eigenvalue weighted by atomic mass is 10.2. The predicted molar refractivity (Wildman–Crippen MR) is 57.1 cm³/mol. The van der Waals surface area contributed by atoms with Crippen molar-refractivity contribution in [2.75, 3.05) is 34.4 Å². The number of hydrogen-bond acceptors (Lipinski definition) is 3. The maximum atomic E-state index is 5.10. The maximum Gasteiger partial charge on any atom is 0.0615 e. The van der Waals surface area contributed by atoms with E-state index in [2.05, 4.69) is 31.1 Å². The number of ether oxygens (including phenoxy) is 1. The highest BCUT2D eigenvalue weighted by molar-refractivity contribution is 4.65. The number of hydrogen-bond donors (Lipinski definition) is 1. The van der Waals surface area contributed by atoms with Gasteiger partial charge in [-0.1, -0.05) is 0 Å². The Bertz CT molecular complexity index is 119. The molecule has 1 N–H and O–H groups in total. The first-order valence-electron chi connectivity index (χ1n) is 4.98. The molecule has 0 aliphatic rings. The Morgan fingerprint density at radius 3 is 2.46 bits per heavy atom. The normalized spacial score (nSPS) is 16.2. The number of nitrogens with zero attached hydrogens (tertiary/aromatic N) is 1. The molecule has 0 rings (SSSR count). The molecule has 0 saturated heterocycles. The van der Waals surface area contributed by atoms with Crippen LogP contribution in [0.4, 0.5) is 0 Å². The molecule has 0 aromatic heterocycles. The van der Waals surface area contributed by atoms with Crippen molar-refractivity contribution < 1.29 is 4.74 Å². The monoisotopic (exact) mass is 188 g/mol. The predicted octanol–water partition coefficient (Wildman–Crippen LogP) is 0.951. The van der Waals surface area contributed by atoms with Gasteiger partial charge in [0.2, 0.25) is 0 Å². The average molecular weight is 188 g/mol. The summed E-state index contributed by atoms with van der Waals surface area (Å²) in [5, 5.41) is 3.23. The summed E-state index contributed by atoms with van der Waals surface area (Å²) in [6, 6.07) is 1.10. The highest BCUT2D eigenvalue weighted by Crippen LogP contribution is 1.99. The fourth-order valence-corrected chi connectivity index (χ4v) is 1.13. The van der Waals surface area contributed by atoms with Gasteiger partial charge >= 0.3 is 0 Å². The molecule has 0 fully saturated rings. The molecule has 2 unspecified atom stereocenters. The first-order chi connectivity index (χ1) is 6.11. The molecule has 0 aliphatic carbocycles. The van der Waals surface area contributed by atoms with Gasteiger partial charge in [0.05, 0.1) is 6.61 Å². The van der Waals surface area contributed by atoms with E-state index in [9.17, 15) is 0 Å². The zero-order valence-electron chi connectivity index (χ0n) is 9.63. The van der Waals surface area contributed by atoms with Gasteiger partial charge in [0.1, 0.15) is 0 Å². The fourth-order valence-electron chi connectivity index (χ4n) is 1.13. The molecule has 0 aromatic carbocycles. The van der Waals surface area contributed by atoms with Crippen molar-refractivity contribution in [3.8, 4) is 0 Å². The molecule has 80 valence electrons. The van der Waals surface area contributed by atoms with Crippen molar-refractivity contribution in [3.63, 3.8) is 0 Å². The molecular formula is C10H24N2O. The van der Waals surface area contributed by atoms with E-state index >= 15 is 0 Å². The Morgan fingerprint density at radius 2 is 2.00 bits per heavy atom. The number of rotatable bonds is 7. The number of methoxy groups -OCH3 is 1. The Balaban J connectivity index is 3.54. The van der Waals surface area contributed by atoms with Crippen LogP contribution in [0.3, 0.4) is 0 Å². The van der Waals surface area contributed by atoms with Crippen LogP contribution in [0.2, 0.25) is 0 Å². The van der Waals surface area contributed by atoms with Gasteiger partial charge in [-0.05, 0) is 40.9 Å². The molecule has 0 aromatic rings. The van der Waals surface area contributed by atoms with Crippen LogP contribution in [-0.4, -0.2) is 51.3 Å². The summed E-state index contributed by atoms with van der Waals surface area (Å²) < 4.78 is 5.10. The van der Waals surface area contributed by atoms with Gasteiger partial charge in [-0.3, -0.25) is 0 Å². The van der Waals surface area contributed by atoms with Gasteiger partial charge < -0.3 is 15.0 Å². The van der Waals surface area contributed by atoms with E-state index in [-0.39, 0.29) is 0 Å². The van der Waals surface area contributed by atoms with E-state index in [0.29, 0.717) is 12.1 Å². The SMILES string of the molecule is CNC(C)CCN(C)C(C)COC. The molecule has 0 heterocycles. The summed E-state index contributed by atoms with van der Waals surface area (Å²) in [6.07, 6.45) is 1.18. The Morgan fingerprint density at radius 1 is 1.38 bits per heavy atom. The minimum Gasteiger partial charge on any atom is -0.383 e. The lowest BCUT2D eigenvalue weighted by Crippen LogP contribution is -2.36. The Labute approximate surface area is 82.4 Å². The third-order valence-corrected chi connectivity index (χ3v) is 2.57. The van der Waals surface area contributed by atoms with Crippen molar-refractivity contribution in [3.05, 3.63) is 0 Å². The molecule has 0 amide bonds. The summed E-state index contributed by atoms with van der Waals surface area (Å²) in [7, 11) is 5.90. The second-order valence-electron chi connectivity index (χ2n) is 3.76. The minimum absolute atomic E-state index is 0.508. The van der Waals surface area contributed by atoms with Crippen LogP contribution in [0.1, 0.15) is 20.3 Å². The van der Waals surface area contributed by atoms with Crippen molar-refractivity contribution in [1.82, 2.24) is 10.2 Å². The first-order valence-corrected chi connectivity index (χ1v) is 4.98. The summed E-state index contributed by atoms with van der Waals surface area (Å²) >= 11 is 0. The van der Waals surface area contributed by atoms with Crippen molar-refractivity contribution >= 4 is 0 Å². The number of likely N-dealkylation sites (N-methyl/N-ethyl adjacent to an activating group) is 1. The van der Waals surface area contributed by atoms with Gasteiger partial charge in [-0.15, -0.1) is 0 Å². The Kier molecular flexibility index (Phi) is 7.23. The molecule has 3 heteroatoms. The summed E-state index contributed by atoms with van der Waals surface area (Å²) in [4.78, 5) is 2.33. The van der Waals surface area contributed by atoms with Gasteiger partial charge in [0.25, 0.3) is 0 Å². The van der Waals surface area contributed by atoms with E-state index in [4.69, 9.17) is 4.74 Å². The summed E-state index contributed by atoms with van der Waals surface area (Å²) in [5.74, 6) is 0. The molecule has 0 saturated carbocycles. The third kappa shape index (κ3) is 6.02. The zero-order chi connectivity index (χ0) is 10.3. The lowest BCUT2D eigenvalue weighted by molar-refractivity contribution is 0.113. The topological polar surface area (TPSA) is 24.5 Å². The van der Waals surface area contributed by atoms with Crippen LogP contribution in [0.15, 0.2) is 0 Å². The van der Waals surface area contributed by atoms with E-state index in [1.54, 1.807) is 7.11 Å². The fraction of sp³-hybridized carbons (Fsp3) is 1.00. The van der Waals surface area contributed by atoms with Crippen LogP contribution < -0.4 is 5.32 Å². The molecule has 0 spiro atoms. The average Bonchev–Trinajstić information content (AvgIpc) is 2.13. The van der Waals surface area contributed by atoms with Crippen LogP contribution in [0.5, 0.6) is 0 Å². The van der Waals surface area contributed by atoms with E-state index < -0.39 is 0 Å². The molecular weight excluding hydrogens is 164 g/mol. The van der Waals surface area contributed by atoms with Crippen LogP contribution >= 0.6 is 0 Å². The van der Waals surface area contributed by atoms with Crippen molar-refractivity contribution in [2.45, 2.75) is 32.4 Å². The zero-order valence-corrected chi connectivity index (χ0v) is 9.63.